The number of carbonyl (C=O) groups excluding carboxylic acids is 2. The summed E-state index contributed by atoms with van der Waals surface area (Å²) in [7, 11) is 1.62. The van der Waals surface area contributed by atoms with Gasteiger partial charge in [0, 0.05) is 28.2 Å². The fourth-order valence-corrected chi connectivity index (χ4v) is 3.21. The summed E-state index contributed by atoms with van der Waals surface area (Å²) in [5.74, 6) is 0.266. The number of amides is 2. The number of hydrogen-bond donors (Lipinski definition) is 2. The van der Waals surface area contributed by atoms with E-state index in [1.807, 2.05) is 38.1 Å². The van der Waals surface area contributed by atoms with Crippen molar-refractivity contribution in [3.63, 3.8) is 0 Å². The van der Waals surface area contributed by atoms with Gasteiger partial charge >= 0.3 is 0 Å². The minimum Gasteiger partial charge on any atom is -0.497 e. The molecule has 2 aromatic carbocycles. The Morgan fingerprint density at radius 1 is 1.04 bits per heavy atom. The Kier molecular flexibility index (Phi) is 6.06. The average Bonchev–Trinajstić information content (AvgIpc) is 3.18. The number of carbonyl (C=O) groups is 2. The van der Waals surface area contributed by atoms with Crippen LogP contribution in [0.25, 0.3) is 10.6 Å². The zero-order valence-corrected chi connectivity index (χ0v) is 16.7. The molecule has 0 saturated heterocycles. The van der Waals surface area contributed by atoms with Gasteiger partial charge in [-0.15, -0.1) is 11.3 Å². The standard InChI is InChI=1S/C21H21N3O3S/c1-13(2)19(25)22-15-5-4-6-16(11-15)23-20(26)18-12-28-21(24-18)14-7-9-17(27-3)10-8-14/h4-13H,1-3H3,(H,22,25)(H,23,26). The number of nitrogens with one attached hydrogen (secondary N) is 2. The molecule has 6 nitrogen and oxygen atoms in total. The first-order chi connectivity index (χ1) is 13.5. The number of methoxy groups -OCH3 is 1. The van der Waals surface area contributed by atoms with Gasteiger partial charge in [-0.3, -0.25) is 9.59 Å². The van der Waals surface area contributed by atoms with Crippen LogP contribution in [0, 0.1) is 5.92 Å². The largest absolute Gasteiger partial charge is 0.497 e. The summed E-state index contributed by atoms with van der Waals surface area (Å²) in [5.41, 5.74) is 2.48. The van der Waals surface area contributed by atoms with Gasteiger partial charge < -0.3 is 15.4 Å². The number of ether oxygens (including phenoxy) is 1. The molecule has 28 heavy (non-hydrogen) atoms. The Morgan fingerprint density at radius 3 is 2.36 bits per heavy atom. The smallest absolute Gasteiger partial charge is 0.275 e. The first-order valence-electron chi connectivity index (χ1n) is 8.78. The molecule has 0 radical (unpaired) electrons. The molecule has 0 saturated carbocycles. The van der Waals surface area contributed by atoms with Gasteiger partial charge in [0.15, 0.2) is 0 Å². The molecule has 0 fully saturated rings. The third kappa shape index (κ3) is 4.75. The highest BCUT2D eigenvalue weighted by Crippen LogP contribution is 2.26. The molecule has 0 spiro atoms. The van der Waals surface area contributed by atoms with E-state index in [2.05, 4.69) is 15.6 Å². The summed E-state index contributed by atoms with van der Waals surface area (Å²) in [6.07, 6.45) is 0. The second kappa shape index (κ2) is 8.67. The van der Waals surface area contributed by atoms with E-state index in [9.17, 15) is 9.59 Å². The van der Waals surface area contributed by atoms with E-state index in [4.69, 9.17) is 4.74 Å². The third-order valence-electron chi connectivity index (χ3n) is 3.99. The van der Waals surface area contributed by atoms with Crippen LogP contribution in [0.15, 0.2) is 53.9 Å². The van der Waals surface area contributed by atoms with Crippen LogP contribution in [0.4, 0.5) is 11.4 Å². The van der Waals surface area contributed by atoms with E-state index < -0.39 is 0 Å². The lowest BCUT2D eigenvalue weighted by Gasteiger charge is -2.09. The predicted octanol–water partition coefficient (Wildman–Crippen LogP) is 4.67. The Balaban J connectivity index is 1.70. The molecule has 2 amide bonds. The summed E-state index contributed by atoms with van der Waals surface area (Å²) in [6.45, 7) is 3.65. The van der Waals surface area contributed by atoms with Gasteiger partial charge in [-0.2, -0.15) is 0 Å². The Bertz CT molecular complexity index is 981. The molecule has 0 aliphatic rings. The van der Waals surface area contributed by atoms with Crippen molar-refractivity contribution in [1.29, 1.82) is 0 Å². The van der Waals surface area contributed by atoms with Gasteiger partial charge in [-0.25, -0.2) is 4.98 Å². The van der Waals surface area contributed by atoms with Crippen molar-refractivity contribution < 1.29 is 14.3 Å². The van der Waals surface area contributed by atoms with E-state index in [0.29, 0.717) is 17.1 Å². The molecule has 144 valence electrons. The topological polar surface area (TPSA) is 80.3 Å². The summed E-state index contributed by atoms with van der Waals surface area (Å²) in [4.78, 5) is 28.8. The molecule has 1 heterocycles. The maximum atomic E-state index is 12.5. The van der Waals surface area contributed by atoms with Crippen LogP contribution in [0.1, 0.15) is 24.3 Å². The summed E-state index contributed by atoms with van der Waals surface area (Å²) in [6, 6.07) is 14.5. The highest BCUT2D eigenvalue weighted by atomic mass is 32.1. The predicted molar refractivity (Wildman–Crippen MR) is 112 cm³/mol. The second-order valence-electron chi connectivity index (χ2n) is 6.45. The zero-order chi connectivity index (χ0) is 20.1. The summed E-state index contributed by atoms with van der Waals surface area (Å²) in [5, 5.41) is 8.11. The number of rotatable bonds is 6. The van der Waals surface area contributed by atoms with Gasteiger partial charge in [-0.05, 0) is 42.5 Å². The van der Waals surface area contributed by atoms with Gasteiger partial charge in [0.2, 0.25) is 5.91 Å². The number of nitrogens with zero attached hydrogens (tertiary/aromatic N) is 1. The van der Waals surface area contributed by atoms with Gasteiger partial charge in [0.1, 0.15) is 16.5 Å². The minimum atomic E-state index is -0.302. The number of hydrogen-bond acceptors (Lipinski definition) is 5. The van der Waals surface area contributed by atoms with Crippen molar-refractivity contribution in [2.24, 2.45) is 5.92 Å². The molecular formula is C21H21N3O3S. The number of benzene rings is 2. The lowest BCUT2D eigenvalue weighted by atomic mass is 10.2. The van der Waals surface area contributed by atoms with E-state index >= 15 is 0 Å². The fourth-order valence-electron chi connectivity index (χ4n) is 2.40. The number of aromatic nitrogens is 1. The molecule has 0 aliphatic heterocycles. The summed E-state index contributed by atoms with van der Waals surface area (Å²) < 4.78 is 5.15. The van der Waals surface area contributed by atoms with E-state index in [1.54, 1.807) is 36.8 Å². The SMILES string of the molecule is COc1ccc(-c2nc(C(=O)Nc3cccc(NC(=O)C(C)C)c3)cs2)cc1. The zero-order valence-electron chi connectivity index (χ0n) is 15.9. The van der Waals surface area contributed by atoms with Crippen molar-refractivity contribution in [2.45, 2.75) is 13.8 Å². The first-order valence-corrected chi connectivity index (χ1v) is 9.66. The van der Waals surface area contributed by atoms with E-state index in [0.717, 1.165) is 16.3 Å². The molecule has 7 heteroatoms. The highest BCUT2D eigenvalue weighted by Gasteiger charge is 2.13. The minimum absolute atomic E-state index is 0.0767. The monoisotopic (exact) mass is 395 g/mol. The highest BCUT2D eigenvalue weighted by molar-refractivity contribution is 7.13. The third-order valence-corrected chi connectivity index (χ3v) is 4.88. The van der Waals surface area contributed by atoms with Crippen molar-refractivity contribution in [3.8, 4) is 16.3 Å². The molecule has 3 aromatic rings. The molecule has 0 bridgehead atoms. The Morgan fingerprint density at radius 2 is 1.71 bits per heavy atom. The van der Waals surface area contributed by atoms with Crippen molar-refractivity contribution >= 4 is 34.5 Å². The van der Waals surface area contributed by atoms with E-state index in [-0.39, 0.29) is 17.7 Å². The fraction of sp³-hybridized carbons (Fsp3) is 0.190. The molecule has 0 atom stereocenters. The maximum Gasteiger partial charge on any atom is 0.275 e. The van der Waals surface area contributed by atoms with Crippen molar-refractivity contribution in [3.05, 3.63) is 59.6 Å². The van der Waals surface area contributed by atoms with Gasteiger partial charge in [0.25, 0.3) is 5.91 Å². The average molecular weight is 395 g/mol. The molecule has 0 unspecified atom stereocenters. The molecule has 2 N–H and O–H groups in total. The molecular weight excluding hydrogens is 374 g/mol. The number of anilines is 2. The molecule has 3 rings (SSSR count). The normalized spacial score (nSPS) is 10.6. The van der Waals surface area contributed by atoms with Crippen LogP contribution >= 0.6 is 11.3 Å². The van der Waals surface area contributed by atoms with Crippen LogP contribution in [0.5, 0.6) is 5.75 Å². The molecule has 1 aromatic heterocycles. The maximum absolute atomic E-state index is 12.5. The van der Waals surface area contributed by atoms with Crippen LogP contribution in [-0.4, -0.2) is 23.9 Å². The van der Waals surface area contributed by atoms with Crippen LogP contribution in [-0.2, 0) is 4.79 Å². The lowest BCUT2D eigenvalue weighted by Crippen LogP contribution is -2.18. The Labute approximate surface area is 167 Å². The van der Waals surface area contributed by atoms with Crippen molar-refractivity contribution in [2.75, 3.05) is 17.7 Å². The first kappa shape index (κ1) is 19.6. The van der Waals surface area contributed by atoms with E-state index in [1.165, 1.54) is 11.3 Å². The number of thiazole rings is 1. The Hall–Kier alpha value is -3.19. The van der Waals surface area contributed by atoms with Crippen LogP contribution in [0.2, 0.25) is 0 Å². The molecule has 0 aliphatic carbocycles. The van der Waals surface area contributed by atoms with Gasteiger partial charge in [-0.1, -0.05) is 19.9 Å². The lowest BCUT2D eigenvalue weighted by molar-refractivity contribution is -0.118. The van der Waals surface area contributed by atoms with Crippen LogP contribution < -0.4 is 15.4 Å². The van der Waals surface area contributed by atoms with Crippen LogP contribution in [0.3, 0.4) is 0 Å². The second-order valence-corrected chi connectivity index (χ2v) is 7.30. The quantitative estimate of drug-likeness (QED) is 0.636. The van der Waals surface area contributed by atoms with Crippen molar-refractivity contribution in [1.82, 2.24) is 4.98 Å². The summed E-state index contributed by atoms with van der Waals surface area (Å²) >= 11 is 1.40. The van der Waals surface area contributed by atoms with Gasteiger partial charge in [0.05, 0.1) is 7.11 Å².